The molecule has 2 atom stereocenters. The van der Waals surface area contributed by atoms with Crippen LogP contribution in [0.1, 0.15) is 18.6 Å². The van der Waals surface area contributed by atoms with Crippen LogP contribution in [-0.4, -0.2) is 37.8 Å². The number of esters is 1. The molecular formula is C13H15FO6. The van der Waals surface area contributed by atoms with E-state index in [-0.39, 0.29) is 19.0 Å². The SMILES string of the molecule is CCOC(=O)C(F)C(O)c1cc(OC)c2c(c1)OCO2. The first-order valence-electron chi connectivity index (χ1n) is 6.04. The number of hydrogen-bond donors (Lipinski definition) is 1. The quantitative estimate of drug-likeness (QED) is 0.824. The van der Waals surface area contributed by atoms with Crippen molar-refractivity contribution >= 4 is 5.97 Å². The summed E-state index contributed by atoms with van der Waals surface area (Å²) in [6, 6.07) is 2.80. The van der Waals surface area contributed by atoms with Gasteiger partial charge >= 0.3 is 5.97 Å². The Labute approximate surface area is 115 Å². The molecule has 0 aromatic heterocycles. The zero-order valence-electron chi connectivity index (χ0n) is 11.1. The third kappa shape index (κ3) is 2.62. The summed E-state index contributed by atoms with van der Waals surface area (Å²) in [7, 11) is 1.41. The molecule has 1 heterocycles. The first kappa shape index (κ1) is 14.4. The Morgan fingerprint density at radius 3 is 2.90 bits per heavy atom. The van der Waals surface area contributed by atoms with Crippen LogP contribution in [0.25, 0.3) is 0 Å². The van der Waals surface area contributed by atoms with Gasteiger partial charge in [0.05, 0.1) is 13.7 Å². The molecule has 0 radical (unpaired) electrons. The molecule has 1 N–H and O–H groups in total. The number of aliphatic hydroxyl groups is 1. The maximum Gasteiger partial charge on any atom is 0.343 e. The van der Waals surface area contributed by atoms with E-state index in [1.807, 2.05) is 0 Å². The lowest BCUT2D eigenvalue weighted by molar-refractivity contribution is -0.153. The predicted molar refractivity (Wildman–Crippen MR) is 65.6 cm³/mol. The summed E-state index contributed by atoms with van der Waals surface area (Å²) >= 11 is 0. The monoisotopic (exact) mass is 286 g/mol. The molecule has 1 aliphatic rings. The lowest BCUT2D eigenvalue weighted by Crippen LogP contribution is -2.26. The van der Waals surface area contributed by atoms with E-state index in [9.17, 15) is 14.3 Å². The number of hydrogen-bond acceptors (Lipinski definition) is 6. The molecule has 0 aliphatic carbocycles. The van der Waals surface area contributed by atoms with E-state index in [2.05, 4.69) is 4.74 Å². The van der Waals surface area contributed by atoms with Crippen molar-refractivity contribution in [1.82, 2.24) is 0 Å². The lowest BCUT2D eigenvalue weighted by atomic mass is 10.0. The van der Waals surface area contributed by atoms with E-state index >= 15 is 0 Å². The number of ether oxygens (including phenoxy) is 4. The van der Waals surface area contributed by atoms with Gasteiger partial charge in [-0.15, -0.1) is 0 Å². The van der Waals surface area contributed by atoms with Gasteiger partial charge in [-0.2, -0.15) is 0 Å². The van der Waals surface area contributed by atoms with Crippen LogP contribution in [0.2, 0.25) is 0 Å². The second-order valence-corrected chi connectivity index (χ2v) is 4.06. The highest BCUT2D eigenvalue weighted by Crippen LogP contribution is 2.43. The lowest BCUT2D eigenvalue weighted by Gasteiger charge is -2.16. The number of benzene rings is 1. The molecule has 0 fully saturated rings. The smallest absolute Gasteiger partial charge is 0.343 e. The maximum atomic E-state index is 13.8. The van der Waals surface area contributed by atoms with Crippen molar-refractivity contribution in [2.75, 3.05) is 20.5 Å². The first-order chi connectivity index (χ1) is 9.58. The third-order valence-corrected chi connectivity index (χ3v) is 2.81. The van der Waals surface area contributed by atoms with Gasteiger partial charge in [0, 0.05) is 0 Å². The Balaban J connectivity index is 2.26. The van der Waals surface area contributed by atoms with Crippen LogP contribution in [0.3, 0.4) is 0 Å². The van der Waals surface area contributed by atoms with Crippen LogP contribution >= 0.6 is 0 Å². The fraction of sp³-hybridized carbons (Fsp3) is 0.462. The van der Waals surface area contributed by atoms with Crippen LogP contribution in [0.5, 0.6) is 17.2 Å². The molecular weight excluding hydrogens is 271 g/mol. The standard InChI is InChI=1S/C13H15FO6/c1-3-18-13(16)10(14)11(15)7-4-8(17-2)12-9(5-7)19-6-20-12/h4-5,10-11,15H,3,6H2,1-2H3. The highest BCUT2D eigenvalue weighted by molar-refractivity contribution is 5.75. The minimum absolute atomic E-state index is 0.0160. The summed E-state index contributed by atoms with van der Waals surface area (Å²) in [4.78, 5) is 11.3. The number of fused-ring (bicyclic) bond motifs is 1. The Morgan fingerprint density at radius 2 is 2.25 bits per heavy atom. The minimum atomic E-state index is -2.18. The molecule has 0 saturated heterocycles. The zero-order valence-corrected chi connectivity index (χ0v) is 11.1. The molecule has 0 saturated carbocycles. The Hall–Kier alpha value is -2.02. The van der Waals surface area contributed by atoms with Gasteiger partial charge in [0.25, 0.3) is 0 Å². The molecule has 0 bridgehead atoms. The molecule has 6 nitrogen and oxygen atoms in total. The van der Waals surface area contributed by atoms with E-state index in [1.165, 1.54) is 19.2 Å². The molecule has 20 heavy (non-hydrogen) atoms. The second kappa shape index (κ2) is 5.96. The first-order valence-corrected chi connectivity index (χ1v) is 6.04. The summed E-state index contributed by atoms with van der Waals surface area (Å²) in [6.07, 6.45) is -3.85. The number of alkyl halides is 1. The highest BCUT2D eigenvalue weighted by Gasteiger charge is 2.31. The van der Waals surface area contributed by atoms with Gasteiger partial charge in [-0.1, -0.05) is 0 Å². The second-order valence-electron chi connectivity index (χ2n) is 4.06. The van der Waals surface area contributed by atoms with Crippen molar-refractivity contribution in [3.05, 3.63) is 17.7 Å². The Kier molecular flexibility index (Phi) is 4.29. The fourth-order valence-electron chi connectivity index (χ4n) is 1.84. The van der Waals surface area contributed by atoms with Gasteiger partial charge in [0.1, 0.15) is 6.10 Å². The molecule has 1 aromatic rings. The molecule has 2 rings (SSSR count). The number of methoxy groups -OCH3 is 1. The van der Waals surface area contributed by atoms with Crippen molar-refractivity contribution in [3.63, 3.8) is 0 Å². The van der Waals surface area contributed by atoms with Crippen LogP contribution in [0.15, 0.2) is 12.1 Å². The topological polar surface area (TPSA) is 74.2 Å². The van der Waals surface area contributed by atoms with Crippen molar-refractivity contribution in [2.24, 2.45) is 0 Å². The predicted octanol–water partition coefficient (Wildman–Crippen LogP) is 1.36. The van der Waals surface area contributed by atoms with Crippen LogP contribution < -0.4 is 14.2 Å². The van der Waals surface area contributed by atoms with E-state index < -0.39 is 18.2 Å². The van der Waals surface area contributed by atoms with E-state index in [4.69, 9.17) is 14.2 Å². The summed E-state index contributed by atoms with van der Waals surface area (Å²) in [5.41, 5.74) is 0.145. The van der Waals surface area contributed by atoms with E-state index in [0.29, 0.717) is 17.2 Å². The summed E-state index contributed by atoms with van der Waals surface area (Å²) < 4.78 is 33.8. The molecule has 110 valence electrons. The summed E-state index contributed by atoms with van der Waals surface area (Å²) in [5.74, 6) is -0.105. The molecule has 1 aliphatic heterocycles. The number of halogens is 1. The van der Waals surface area contributed by atoms with Crippen LogP contribution in [0.4, 0.5) is 4.39 Å². The average molecular weight is 286 g/mol. The molecule has 2 unspecified atom stereocenters. The molecule has 1 aromatic carbocycles. The van der Waals surface area contributed by atoms with Gasteiger partial charge in [-0.05, 0) is 24.6 Å². The largest absolute Gasteiger partial charge is 0.493 e. The Bertz CT molecular complexity index is 504. The van der Waals surface area contributed by atoms with Gasteiger partial charge in [-0.3, -0.25) is 0 Å². The van der Waals surface area contributed by atoms with Gasteiger partial charge in [0.2, 0.25) is 18.7 Å². The highest BCUT2D eigenvalue weighted by atomic mass is 19.1. The third-order valence-electron chi connectivity index (χ3n) is 2.81. The Morgan fingerprint density at radius 1 is 1.50 bits per heavy atom. The van der Waals surface area contributed by atoms with Crippen molar-refractivity contribution in [2.45, 2.75) is 19.2 Å². The average Bonchev–Trinajstić information content (AvgIpc) is 2.93. The summed E-state index contributed by atoms with van der Waals surface area (Å²) in [5, 5.41) is 9.91. The molecule has 0 amide bonds. The number of rotatable bonds is 5. The fourth-order valence-corrected chi connectivity index (χ4v) is 1.84. The van der Waals surface area contributed by atoms with Gasteiger partial charge in [-0.25, -0.2) is 9.18 Å². The van der Waals surface area contributed by atoms with E-state index in [1.54, 1.807) is 6.92 Å². The van der Waals surface area contributed by atoms with E-state index in [0.717, 1.165) is 0 Å². The number of carbonyl (C=O) groups is 1. The number of carbonyl (C=O) groups excluding carboxylic acids is 1. The maximum absolute atomic E-state index is 13.8. The van der Waals surface area contributed by atoms with Crippen LogP contribution in [0, 0.1) is 0 Å². The summed E-state index contributed by atoms with van der Waals surface area (Å²) in [6.45, 7) is 1.61. The normalized spacial score (nSPS) is 15.6. The molecule has 7 heteroatoms. The van der Waals surface area contributed by atoms with Crippen molar-refractivity contribution in [3.8, 4) is 17.2 Å². The zero-order chi connectivity index (χ0) is 14.7. The molecule has 0 spiro atoms. The minimum Gasteiger partial charge on any atom is -0.493 e. The van der Waals surface area contributed by atoms with Gasteiger partial charge in [0.15, 0.2) is 11.5 Å². The van der Waals surface area contributed by atoms with Gasteiger partial charge < -0.3 is 24.1 Å². The van der Waals surface area contributed by atoms with Crippen molar-refractivity contribution in [1.29, 1.82) is 0 Å². The van der Waals surface area contributed by atoms with Crippen molar-refractivity contribution < 1.29 is 33.2 Å². The van der Waals surface area contributed by atoms with Crippen LogP contribution in [-0.2, 0) is 9.53 Å². The number of aliphatic hydroxyl groups excluding tert-OH is 1.